The van der Waals surface area contributed by atoms with Crippen molar-refractivity contribution < 1.29 is 22.7 Å². The van der Waals surface area contributed by atoms with Crippen LogP contribution in [0.5, 0.6) is 5.75 Å². The zero-order chi connectivity index (χ0) is 23.1. The highest BCUT2D eigenvalue weighted by molar-refractivity contribution is 7.99. The Morgan fingerprint density at radius 3 is 2.94 bits per heavy atom. The van der Waals surface area contributed by atoms with Crippen molar-refractivity contribution in [2.45, 2.75) is 42.0 Å². The molecule has 2 aliphatic rings. The summed E-state index contributed by atoms with van der Waals surface area (Å²) in [5.41, 5.74) is 8.76. The molecule has 0 radical (unpaired) electrons. The highest BCUT2D eigenvalue weighted by Gasteiger charge is 2.38. The van der Waals surface area contributed by atoms with Crippen LogP contribution in [0.15, 0.2) is 68.0 Å². The van der Waals surface area contributed by atoms with E-state index in [4.69, 9.17) is 15.6 Å². The molecule has 5 N–H and O–H groups in total. The Kier molecular flexibility index (Phi) is 5.41. The van der Waals surface area contributed by atoms with Crippen LogP contribution in [0.2, 0.25) is 0 Å². The monoisotopic (exact) mass is 471 g/mol. The van der Waals surface area contributed by atoms with Crippen LogP contribution in [0, 0.1) is 5.41 Å². The van der Waals surface area contributed by atoms with Gasteiger partial charge in [0.05, 0.1) is 17.0 Å². The summed E-state index contributed by atoms with van der Waals surface area (Å²) in [6.45, 7) is -2.91. The number of aromatic nitrogens is 2. The summed E-state index contributed by atoms with van der Waals surface area (Å²) >= 11 is 1.21. The van der Waals surface area contributed by atoms with Crippen molar-refractivity contribution in [3.8, 4) is 5.75 Å². The van der Waals surface area contributed by atoms with E-state index in [2.05, 4.69) is 20.0 Å². The van der Waals surface area contributed by atoms with Crippen molar-refractivity contribution in [1.29, 1.82) is 5.41 Å². The van der Waals surface area contributed by atoms with Crippen LogP contribution in [-0.4, -0.2) is 28.2 Å². The largest absolute Gasteiger partial charge is 0.453 e. The van der Waals surface area contributed by atoms with Crippen LogP contribution < -0.4 is 15.8 Å². The number of carbonyl (C=O) groups excluding carboxylic acids is 1. The van der Waals surface area contributed by atoms with Crippen LogP contribution >= 0.6 is 11.8 Å². The molecule has 1 aromatic carbocycles. The van der Waals surface area contributed by atoms with Crippen LogP contribution in [0.3, 0.4) is 0 Å². The molecule has 0 fully saturated rings. The van der Waals surface area contributed by atoms with Gasteiger partial charge in [-0.25, -0.2) is 4.98 Å². The predicted molar refractivity (Wildman–Crippen MR) is 117 cm³/mol. The Labute approximate surface area is 190 Å². The molecule has 3 heterocycles. The van der Waals surface area contributed by atoms with Gasteiger partial charge in [0.1, 0.15) is 17.3 Å². The Bertz CT molecular complexity index is 1330. The molecule has 5 rings (SSSR count). The molecule has 0 saturated heterocycles. The lowest BCUT2D eigenvalue weighted by Gasteiger charge is -2.32. The summed E-state index contributed by atoms with van der Waals surface area (Å²) in [5.74, 6) is 0.153. The maximum atomic E-state index is 12.7. The molecule has 1 unspecified atom stereocenters. The number of aromatic amines is 1. The Morgan fingerprint density at radius 1 is 1.30 bits per heavy atom. The molecule has 11 heteroatoms. The third kappa shape index (κ3) is 3.99. The minimum Gasteiger partial charge on any atom is -0.453 e. The minimum absolute atomic E-state index is 0.0188. The molecule has 0 bridgehead atoms. The maximum Gasteiger partial charge on any atom is 0.387 e. The van der Waals surface area contributed by atoms with Gasteiger partial charge in [0.25, 0.3) is 0 Å². The van der Waals surface area contributed by atoms with Gasteiger partial charge < -0.3 is 25.2 Å². The first-order valence-electron chi connectivity index (χ1n) is 10.2. The van der Waals surface area contributed by atoms with E-state index in [-0.39, 0.29) is 17.4 Å². The van der Waals surface area contributed by atoms with E-state index < -0.39 is 12.5 Å². The van der Waals surface area contributed by atoms with E-state index in [1.807, 2.05) is 0 Å². The molecular weight excluding hydrogens is 452 g/mol. The molecule has 33 heavy (non-hydrogen) atoms. The zero-order valence-electron chi connectivity index (χ0n) is 17.2. The number of nitrogens with two attached hydrogens (primary N) is 1. The predicted octanol–water partition coefficient (Wildman–Crippen LogP) is 4.42. The van der Waals surface area contributed by atoms with Gasteiger partial charge in [0.15, 0.2) is 16.0 Å². The van der Waals surface area contributed by atoms with Crippen molar-refractivity contribution in [1.82, 2.24) is 15.3 Å². The molecule has 3 aromatic rings. The highest BCUT2D eigenvalue weighted by atomic mass is 32.2. The van der Waals surface area contributed by atoms with Gasteiger partial charge in [-0.05, 0) is 48.9 Å². The summed E-state index contributed by atoms with van der Waals surface area (Å²) in [5, 5.41) is 12.3. The molecule has 0 spiro atoms. The van der Waals surface area contributed by atoms with E-state index >= 15 is 0 Å². The van der Waals surface area contributed by atoms with Crippen LogP contribution in [0.1, 0.15) is 30.9 Å². The van der Waals surface area contributed by atoms with Crippen molar-refractivity contribution >= 4 is 34.4 Å². The number of H-pyrrole nitrogens is 1. The topological polar surface area (TPSA) is 130 Å². The molecule has 0 amide bonds. The fraction of sp³-hybridized carbons (Fsp3) is 0.227. The highest BCUT2D eigenvalue weighted by Crippen LogP contribution is 2.42. The number of amidine groups is 1. The van der Waals surface area contributed by atoms with Crippen molar-refractivity contribution in [2.75, 3.05) is 0 Å². The van der Waals surface area contributed by atoms with Gasteiger partial charge in [-0.2, -0.15) is 8.78 Å². The first-order chi connectivity index (χ1) is 15.9. The lowest BCUT2D eigenvalue weighted by Crippen LogP contribution is -2.38. The van der Waals surface area contributed by atoms with E-state index in [1.165, 1.54) is 30.1 Å². The number of allylic oxidation sites excluding steroid dienone is 2. The summed E-state index contributed by atoms with van der Waals surface area (Å²) in [4.78, 5) is 20.2. The third-order valence-corrected chi connectivity index (χ3v) is 6.35. The molecule has 1 atom stereocenters. The van der Waals surface area contributed by atoms with Crippen molar-refractivity contribution in [2.24, 2.45) is 5.73 Å². The van der Waals surface area contributed by atoms with Gasteiger partial charge in [-0.15, -0.1) is 0 Å². The number of ketones is 1. The van der Waals surface area contributed by atoms with Crippen molar-refractivity contribution in [3.05, 3.63) is 59.1 Å². The standard InChI is InChI=1S/C22H19F2N5O3S/c23-21(24)31-10-4-5-12-14(8-10)29-22(28-12)33-17-7-6-16(32-17)18-11(9-25)20(26)27-13-2-1-3-15(30)19(13)18/h4-9,18,21H,1-3,25H2,(H2,26,27)(H,28,29)/b11-9-. The van der Waals surface area contributed by atoms with Gasteiger partial charge in [0.2, 0.25) is 0 Å². The van der Waals surface area contributed by atoms with Gasteiger partial charge in [-0.3, -0.25) is 10.2 Å². The number of benzene rings is 1. The number of hydrogen-bond donors (Lipinski definition) is 4. The molecule has 0 saturated carbocycles. The number of nitrogens with zero attached hydrogens (tertiary/aromatic N) is 1. The summed E-state index contributed by atoms with van der Waals surface area (Å²) < 4.78 is 35.4. The molecule has 8 nitrogen and oxygen atoms in total. The summed E-state index contributed by atoms with van der Waals surface area (Å²) in [6, 6.07) is 7.99. The first-order valence-corrected chi connectivity index (χ1v) is 11.0. The lowest BCUT2D eigenvalue weighted by atomic mass is 9.77. The quantitative estimate of drug-likeness (QED) is 0.433. The van der Waals surface area contributed by atoms with E-state index in [1.54, 1.807) is 18.2 Å². The number of nitrogens with one attached hydrogen (secondary N) is 3. The number of furan rings is 1. The number of alkyl halides is 2. The second-order valence-electron chi connectivity index (χ2n) is 7.58. The minimum atomic E-state index is -2.91. The zero-order valence-corrected chi connectivity index (χ0v) is 18.0. The smallest absolute Gasteiger partial charge is 0.387 e. The van der Waals surface area contributed by atoms with E-state index in [0.717, 1.165) is 12.1 Å². The third-order valence-electron chi connectivity index (χ3n) is 5.54. The first kappa shape index (κ1) is 21.3. The second kappa shape index (κ2) is 8.39. The van der Waals surface area contributed by atoms with Crippen LogP contribution in [0.25, 0.3) is 11.0 Å². The number of fused-ring (bicyclic) bond motifs is 1. The normalized spacial score (nSPS) is 20.0. The lowest BCUT2D eigenvalue weighted by molar-refractivity contribution is -0.116. The Balaban J connectivity index is 1.44. The molecule has 1 aliphatic carbocycles. The average molecular weight is 471 g/mol. The fourth-order valence-electron chi connectivity index (χ4n) is 4.15. The van der Waals surface area contributed by atoms with Gasteiger partial charge in [-0.1, -0.05) is 0 Å². The Morgan fingerprint density at radius 2 is 2.15 bits per heavy atom. The number of carbonyl (C=O) groups is 1. The van der Waals surface area contributed by atoms with Crippen molar-refractivity contribution in [3.63, 3.8) is 0 Å². The summed E-state index contributed by atoms with van der Waals surface area (Å²) in [6.07, 6.45) is 3.21. The number of ether oxygens (including phenoxy) is 1. The van der Waals surface area contributed by atoms with Crippen LogP contribution in [-0.2, 0) is 4.79 Å². The number of halogens is 2. The number of Topliss-reactive ketones (excluding diaryl/α,β-unsaturated/α-hetero) is 1. The SMILES string of the molecule is N=C1NC2=C(C(=O)CCC2)C(c2ccc(Sc3nc4cc(OC(F)F)ccc4[nH]3)o2)/C1=C/N. The molecule has 2 aromatic heterocycles. The Hall–Kier alpha value is -3.60. The maximum absolute atomic E-state index is 12.7. The van der Waals surface area contributed by atoms with E-state index in [0.29, 0.717) is 51.0 Å². The van der Waals surface area contributed by atoms with E-state index in [9.17, 15) is 13.6 Å². The van der Waals surface area contributed by atoms with Crippen LogP contribution in [0.4, 0.5) is 8.78 Å². The molecule has 1 aliphatic heterocycles. The average Bonchev–Trinajstić information content (AvgIpc) is 3.38. The van der Waals surface area contributed by atoms with Gasteiger partial charge in [0, 0.05) is 35.5 Å². The molecule has 170 valence electrons. The summed E-state index contributed by atoms with van der Waals surface area (Å²) in [7, 11) is 0. The fourth-order valence-corrected chi connectivity index (χ4v) is 4.92. The second-order valence-corrected chi connectivity index (χ2v) is 8.58. The van der Waals surface area contributed by atoms with Gasteiger partial charge >= 0.3 is 6.61 Å². The number of rotatable bonds is 5. The number of hydrogen-bond acceptors (Lipinski definition) is 7. The molecular formula is C22H19F2N5O3S. The number of imidazole rings is 1.